The number of benzene rings is 1. The van der Waals surface area contributed by atoms with Gasteiger partial charge in [-0.2, -0.15) is 0 Å². The van der Waals surface area contributed by atoms with Gasteiger partial charge >= 0.3 is 0 Å². The molecule has 0 bridgehead atoms. The molecule has 0 amide bonds. The van der Waals surface area contributed by atoms with Gasteiger partial charge in [0.2, 0.25) is 0 Å². The van der Waals surface area contributed by atoms with Gasteiger partial charge < -0.3 is 10.8 Å². The molecule has 14 heavy (non-hydrogen) atoms. The number of hydrogen-bond acceptors (Lipinski definition) is 2. The number of aliphatic hydroxyl groups excluding tert-OH is 1. The van der Waals surface area contributed by atoms with E-state index in [1.165, 1.54) is 13.0 Å². The Kier molecular flexibility index (Phi) is 3.72. The van der Waals surface area contributed by atoms with E-state index in [9.17, 15) is 9.50 Å². The van der Waals surface area contributed by atoms with E-state index >= 15 is 0 Å². The van der Waals surface area contributed by atoms with Gasteiger partial charge in [-0.05, 0) is 24.6 Å². The smallest absolute Gasteiger partial charge is 0.125 e. The lowest BCUT2D eigenvalue weighted by Gasteiger charge is -2.17. The highest BCUT2D eigenvalue weighted by atomic mass is 35.5. The third-order valence-electron chi connectivity index (χ3n) is 1.90. The quantitative estimate of drug-likeness (QED) is 0.777. The van der Waals surface area contributed by atoms with Gasteiger partial charge in [0, 0.05) is 0 Å². The van der Waals surface area contributed by atoms with Gasteiger partial charge in [0.1, 0.15) is 5.82 Å². The van der Waals surface area contributed by atoms with Gasteiger partial charge in [-0.3, -0.25) is 0 Å². The molecule has 0 unspecified atom stereocenters. The molecule has 0 fully saturated rings. The number of aliphatic hydroxyl groups is 1. The fraction of sp³-hybridized carbons (Fsp3) is 0.333. The van der Waals surface area contributed by atoms with Crippen molar-refractivity contribution in [1.29, 1.82) is 0 Å². The maximum absolute atomic E-state index is 13.0. The van der Waals surface area contributed by atoms with Crippen molar-refractivity contribution in [3.63, 3.8) is 0 Å². The predicted octanol–water partition coefficient (Wildman–Crippen LogP) is 2.51. The standard InChI is InChI=1S/C9H10Cl2FNO/c1-4(14)9(13)6-2-5(12)3-7(10)8(6)11/h2-4,9,14H,13H2,1H3/t4-,9+/m1/s1. The Morgan fingerprint density at radius 1 is 1.43 bits per heavy atom. The highest BCUT2D eigenvalue weighted by Gasteiger charge is 2.18. The first-order valence-electron chi connectivity index (χ1n) is 4.01. The highest BCUT2D eigenvalue weighted by Crippen LogP contribution is 2.31. The first kappa shape index (κ1) is 11.7. The summed E-state index contributed by atoms with van der Waals surface area (Å²) in [5.41, 5.74) is 5.93. The first-order valence-corrected chi connectivity index (χ1v) is 4.77. The zero-order valence-corrected chi connectivity index (χ0v) is 8.98. The number of nitrogens with two attached hydrogens (primary N) is 1. The molecule has 0 spiro atoms. The van der Waals surface area contributed by atoms with E-state index in [0.717, 1.165) is 6.07 Å². The number of hydrogen-bond donors (Lipinski definition) is 2. The summed E-state index contributed by atoms with van der Waals surface area (Å²) in [5, 5.41) is 9.51. The van der Waals surface area contributed by atoms with Gasteiger partial charge in [0.25, 0.3) is 0 Å². The van der Waals surface area contributed by atoms with Crippen LogP contribution in [0.5, 0.6) is 0 Å². The Balaban J connectivity index is 3.20. The minimum Gasteiger partial charge on any atom is -0.391 e. The van der Waals surface area contributed by atoms with E-state index in [1.54, 1.807) is 0 Å². The molecular formula is C9H10Cl2FNO. The molecule has 3 N–H and O–H groups in total. The van der Waals surface area contributed by atoms with Crippen LogP contribution in [0.15, 0.2) is 12.1 Å². The number of rotatable bonds is 2. The normalized spacial score (nSPS) is 15.3. The second-order valence-electron chi connectivity index (χ2n) is 3.06. The molecular weight excluding hydrogens is 228 g/mol. The van der Waals surface area contributed by atoms with Crippen LogP contribution in [-0.2, 0) is 0 Å². The summed E-state index contributed by atoms with van der Waals surface area (Å²) >= 11 is 11.5. The van der Waals surface area contributed by atoms with Crippen LogP contribution >= 0.6 is 23.2 Å². The van der Waals surface area contributed by atoms with Crippen LogP contribution in [0.1, 0.15) is 18.5 Å². The summed E-state index contributed by atoms with van der Waals surface area (Å²) in [6.45, 7) is 1.50. The van der Waals surface area contributed by atoms with Crippen molar-refractivity contribution in [2.75, 3.05) is 0 Å². The second kappa shape index (κ2) is 4.45. The summed E-state index contributed by atoms with van der Waals surface area (Å²) in [6, 6.07) is 1.53. The van der Waals surface area contributed by atoms with Crippen LogP contribution in [0.2, 0.25) is 10.0 Å². The Morgan fingerprint density at radius 3 is 2.50 bits per heavy atom. The molecule has 1 aromatic rings. The molecule has 0 aliphatic rings. The number of halogens is 3. The summed E-state index contributed by atoms with van der Waals surface area (Å²) < 4.78 is 13.0. The van der Waals surface area contributed by atoms with Crippen molar-refractivity contribution >= 4 is 23.2 Å². The molecule has 0 saturated carbocycles. The molecule has 0 heterocycles. The van der Waals surface area contributed by atoms with E-state index in [1.807, 2.05) is 0 Å². The molecule has 0 aliphatic carbocycles. The summed E-state index contributed by atoms with van der Waals surface area (Å²) in [7, 11) is 0. The molecule has 2 atom stereocenters. The zero-order valence-electron chi connectivity index (χ0n) is 7.47. The molecule has 0 aliphatic heterocycles. The SMILES string of the molecule is C[C@@H](O)[C@H](N)c1cc(F)cc(Cl)c1Cl. The molecule has 1 rings (SSSR count). The summed E-state index contributed by atoms with van der Waals surface area (Å²) in [6.07, 6.45) is -0.814. The Bertz CT molecular complexity index is 344. The monoisotopic (exact) mass is 237 g/mol. The highest BCUT2D eigenvalue weighted by molar-refractivity contribution is 6.42. The van der Waals surface area contributed by atoms with Crippen LogP contribution < -0.4 is 5.73 Å². The molecule has 2 nitrogen and oxygen atoms in total. The minimum absolute atomic E-state index is 0.0952. The third-order valence-corrected chi connectivity index (χ3v) is 2.72. The van der Waals surface area contributed by atoms with Crippen LogP contribution in [-0.4, -0.2) is 11.2 Å². The van der Waals surface area contributed by atoms with Crippen molar-refractivity contribution in [3.8, 4) is 0 Å². The first-order chi connectivity index (χ1) is 6.43. The fourth-order valence-corrected chi connectivity index (χ4v) is 1.53. The van der Waals surface area contributed by atoms with Crippen LogP contribution in [0.25, 0.3) is 0 Å². The summed E-state index contributed by atoms with van der Waals surface area (Å²) in [5.74, 6) is -0.523. The van der Waals surface area contributed by atoms with E-state index in [0.29, 0.717) is 5.56 Å². The van der Waals surface area contributed by atoms with Gasteiger partial charge in [0.15, 0.2) is 0 Å². The van der Waals surface area contributed by atoms with Gasteiger partial charge in [-0.15, -0.1) is 0 Å². The average molecular weight is 238 g/mol. The molecule has 5 heteroatoms. The van der Waals surface area contributed by atoms with Crippen LogP contribution in [0, 0.1) is 5.82 Å². The minimum atomic E-state index is -0.814. The van der Waals surface area contributed by atoms with Gasteiger partial charge in [0.05, 0.1) is 22.2 Å². The third kappa shape index (κ3) is 2.36. The lowest BCUT2D eigenvalue weighted by molar-refractivity contribution is 0.164. The lowest BCUT2D eigenvalue weighted by atomic mass is 10.0. The Labute approximate surface area is 91.4 Å². The maximum Gasteiger partial charge on any atom is 0.125 e. The Hall–Kier alpha value is -0.350. The van der Waals surface area contributed by atoms with Crippen molar-refractivity contribution in [3.05, 3.63) is 33.6 Å². The van der Waals surface area contributed by atoms with E-state index < -0.39 is 18.0 Å². The van der Waals surface area contributed by atoms with Crippen molar-refractivity contribution in [1.82, 2.24) is 0 Å². The molecule has 0 radical (unpaired) electrons. The Morgan fingerprint density at radius 2 is 2.00 bits per heavy atom. The summed E-state index contributed by atoms with van der Waals surface area (Å²) in [4.78, 5) is 0. The maximum atomic E-state index is 13.0. The molecule has 1 aromatic carbocycles. The van der Waals surface area contributed by atoms with Crippen molar-refractivity contribution < 1.29 is 9.50 Å². The van der Waals surface area contributed by atoms with Crippen molar-refractivity contribution in [2.24, 2.45) is 5.73 Å². The van der Waals surface area contributed by atoms with Crippen LogP contribution in [0.3, 0.4) is 0 Å². The fourth-order valence-electron chi connectivity index (χ4n) is 1.08. The van der Waals surface area contributed by atoms with Gasteiger partial charge in [-0.1, -0.05) is 23.2 Å². The van der Waals surface area contributed by atoms with E-state index in [4.69, 9.17) is 28.9 Å². The largest absolute Gasteiger partial charge is 0.391 e. The van der Waals surface area contributed by atoms with Crippen molar-refractivity contribution in [2.45, 2.75) is 19.1 Å². The predicted molar refractivity (Wildman–Crippen MR) is 55.0 cm³/mol. The topological polar surface area (TPSA) is 46.2 Å². The lowest BCUT2D eigenvalue weighted by Crippen LogP contribution is -2.23. The zero-order chi connectivity index (χ0) is 10.9. The van der Waals surface area contributed by atoms with E-state index in [-0.39, 0.29) is 10.0 Å². The van der Waals surface area contributed by atoms with Crippen LogP contribution in [0.4, 0.5) is 4.39 Å². The second-order valence-corrected chi connectivity index (χ2v) is 3.84. The van der Waals surface area contributed by atoms with E-state index in [2.05, 4.69) is 0 Å². The molecule has 78 valence electrons. The average Bonchev–Trinajstić information content (AvgIpc) is 2.09. The molecule has 0 aromatic heterocycles. The van der Waals surface area contributed by atoms with Gasteiger partial charge in [-0.25, -0.2) is 4.39 Å². The molecule has 0 saturated heterocycles.